The van der Waals surface area contributed by atoms with Gasteiger partial charge in [-0.05, 0) is 29.7 Å². The Labute approximate surface area is 138 Å². The first kappa shape index (κ1) is 18.0. The van der Waals surface area contributed by atoms with Crippen LogP contribution in [0.3, 0.4) is 0 Å². The van der Waals surface area contributed by atoms with Crippen molar-refractivity contribution in [3.8, 4) is 0 Å². The molecule has 2 aromatic rings. The fraction of sp³-hybridized carbons (Fsp3) is 0.278. The van der Waals surface area contributed by atoms with Crippen LogP contribution >= 0.6 is 0 Å². The van der Waals surface area contributed by atoms with E-state index in [-0.39, 0.29) is 18.9 Å². The number of carbonyl (C=O) groups excluding carboxylic acids is 1. The Kier molecular flexibility index (Phi) is 5.98. The number of rotatable bonds is 6. The molecular weight excluding hydrogens is 319 g/mol. The van der Waals surface area contributed by atoms with E-state index in [2.05, 4.69) is 5.32 Å². The van der Waals surface area contributed by atoms with Crippen LogP contribution in [0, 0.1) is 17.5 Å². The standard InChI is InChI=1S/C18H18F3NO2/c1-11(12-5-2-3-6-13(12)19)9-17(24)22-10-16(23)18-14(20)7-4-8-15(18)21/h2-8,11,16,23H,9-10H2,1H3,(H,22,24). The van der Waals surface area contributed by atoms with Gasteiger partial charge in [0.15, 0.2) is 0 Å². The van der Waals surface area contributed by atoms with Crippen molar-refractivity contribution in [3.63, 3.8) is 0 Å². The highest BCUT2D eigenvalue weighted by atomic mass is 19.1. The minimum absolute atomic E-state index is 0.00654. The van der Waals surface area contributed by atoms with Crippen LogP contribution in [0.5, 0.6) is 0 Å². The molecule has 0 saturated heterocycles. The molecule has 128 valence electrons. The normalized spacial score (nSPS) is 13.4. The molecule has 0 heterocycles. The van der Waals surface area contributed by atoms with Crippen molar-refractivity contribution in [2.24, 2.45) is 0 Å². The molecule has 0 saturated carbocycles. The number of amides is 1. The minimum atomic E-state index is -1.50. The molecule has 0 bridgehead atoms. The second-order valence-electron chi connectivity index (χ2n) is 5.58. The maximum absolute atomic E-state index is 13.7. The lowest BCUT2D eigenvalue weighted by molar-refractivity contribution is -0.121. The van der Waals surface area contributed by atoms with Gasteiger partial charge in [0.1, 0.15) is 23.6 Å². The van der Waals surface area contributed by atoms with Crippen LogP contribution in [0.25, 0.3) is 0 Å². The summed E-state index contributed by atoms with van der Waals surface area (Å²) < 4.78 is 40.8. The van der Waals surface area contributed by atoms with Crippen molar-refractivity contribution in [3.05, 3.63) is 71.0 Å². The Hall–Kier alpha value is -2.34. The molecule has 0 aliphatic carbocycles. The average molecular weight is 337 g/mol. The maximum atomic E-state index is 13.7. The van der Waals surface area contributed by atoms with Crippen LogP contribution in [-0.4, -0.2) is 17.6 Å². The lowest BCUT2D eigenvalue weighted by Gasteiger charge is -2.16. The molecular formula is C18H18F3NO2. The van der Waals surface area contributed by atoms with E-state index < -0.39 is 35.0 Å². The van der Waals surface area contributed by atoms with Crippen molar-refractivity contribution in [2.45, 2.75) is 25.4 Å². The average Bonchev–Trinajstić information content (AvgIpc) is 2.53. The van der Waals surface area contributed by atoms with E-state index in [0.717, 1.165) is 12.1 Å². The molecule has 0 aliphatic heterocycles. The number of nitrogens with one attached hydrogen (secondary N) is 1. The van der Waals surface area contributed by atoms with Gasteiger partial charge in [-0.2, -0.15) is 0 Å². The number of halogens is 3. The van der Waals surface area contributed by atoms with Crippen molar-refractivity contribution in [1.82, 2.24) is 5.32 Å². The van der Waals surface area contributed by atoms with Crippen LogP contribution in [-0.2, 0) is 4.79 Å². The van der Waals surface area contributed by atoms with E-state index in [0.29, 0.717) is 5.56 Å². The Morgan fingerprint density at radius 3 is 2.25 bits per heavy atom. The number of carbonyl (C=O) groups is 1. The molecule has 2 rings (SSSR count). The first-order valence-corrected chi connectivity index (χ1v) is 7.53. The zero-order valence-corrected chi connectivity index (χ0v) is 13.1. The van der Waals surface area contributed by atoms with Crippen LogP contribution in [0.15, 0.2) is 42.5 Å². The van der Waals surface area contributed by atoms with Gasteiger partial charge in [-0.1, -0.05) is 31.2 Å². The first-order valence-electron chi connectivity index (χ1n) is 7.53. The summed E-state index contributed by atoms with van der Waals surface area (Å²) in [5.74, 6) is -2.96. The van der Waals surface area contributed by atoms with Crippen LogP contribution in [0.4, 0.5) is 13.2 Å². The van der Waals surface area contributed by atoms with Gasteiger partial charge in [-0.15, -0.1) is 0 Å². The van der Waals surface area contributed by atoms with E-state index in [1.807, 2.05) is 0 Å². The van der Waals surface area contributed by atoms with Gasteiger partial charge >= 0.3 is 0 Å². The smallest absolute Gasteiger partial charge is 0.220 e. The number of benzene rings is 2. The Morgan fingerprint density at radius 1 is 1.04 bits per heavy atom. The summed E-state index contributed by atoms with van der Waals surface area (Å²) in [5.41, 5.74) is -0.0756. The molecule has 0 aliphatic rings. The minimum Gasteiger partial charge on any atom is -0.386 e. The molecule has 2 atom stereocenters. The fourth-order valence-corrected chi connectivity index (χ4v) is 2.48. The lowest BCUT2D eigenvalue weighted by Crippen LogP contribution is -2.30. The van der Waals surface area contributed by atoms with E-state index in [9.17, 15) is 23.1 Å². The molecule has 3 nitrogen and oxygen atoms in total. The van der Waals surface area contributed by atoms with Crippen molar-refractivity contribution in [2.75, 3.05) is 6.54 Å². The molecule has 1 amide bonds. The molecule has 0 spiro atoms. The molecule has 2 unspecified atom stereocenters. The number of hydrogen-bond donors (Lipinski definition) is 2. The lowest BCUT2D eigenvalue weighted by atomic mass is 9.97. The van der Waals surface area contributed by atoms with E-state index >= 15 is 0 Å². The summed E-state index contributed by atoms with van der Waals surface area (Å²) in [5, 5.41) is 12.3. The van der Waals surface area contributed by atoms with Gasteiger partial charge in [-0.25, -0.2) is 13.2 Å². The highest BCUT2D eigenvalue weighted by Gasteiger charge is 2.19. The summed E-state index contributed by atoms with van der Waals surface area (Å²) in [7, 11) is 0. The Balaban J connectivity index is 1.92. The Bertz CT molecular complexity index is 701. The van der Waals surface area contributed by atoms with Crippen molar-refractivity contribution < 1.29 is 23.1 Å². The molecule has 2 N–H and O–H groups in total. The van der Waals surface area contributed by atoms with Crippen molar-refractivity contribution >= 4 is 5.91 Å². The first-order chi connectivity index (χ1) is 11.4. The zero-order chi connectivity index (χ0) is 17.7. The van der Waals surface area contributed by atoms with Crippen LogP contribution in [0.1, 0.15) is 36.5 Å². The molecule has 0 radical (unpaired) electrons. The van der Waals surface area contributed by atoms with E-state index in [4.69, 9.17) is 0 Å². The highest BCUT2D eigenvalue weighted by molar-refractivity contribution is 5.76. The third-order valence-electron chi connectivity index (χ3n) is 3.75. The van der Waals surface area contributed by atoms with Gasteiger partial charge in [0, 0.05) is 13.0 Å². The second-order valence-corrected chi connectivity index (χ2v) is 5.58. The highest BCUT2D eigenvalue weighted by Crippen LogP contribution is 2.22. The quantitative estimate of drug-likeness (QED) is 0.848. The van der Waals surface area contributed by atoms with Crippen molar-refractivity contribution in [1.29, 1.82) is 0 Å². The SMILES string of the molecule is CC(CC(=O)NCC(O)c1c(F)cccc1F)c1ccccc1F. The summed E-state index contributed by atoms with van der Waals surface area (Å²) in [4.78, 5) is 11.9. The fourth-order valence-electron chi connectivity index (χ4n) is 2.48. The van der Waals surface area contributed by atoms with Gasteiger partial charge < -0.3 is 10.4 Å². The summed E-state index contributed by atoms with van der Waals surface area (Å²) >= 11 is 0. The number of aliphatic hydroxyl groups is 1. The molecule has 2 aromatic carbocycles. The second kappa shape index (κ2) is 7.97. The third kappa shape index (κ3) is 4.35. The maximum Gasteiger partial charge on any atom is 0.220 e. The molecule has 0 fully saturated rings. The predicted molar refractivity (Wildman–Crippen MR) is 83.8 cm³/mol. The monoisotopic (exact) mass is 337 g/mol. The third-order valence-corrected chi connectivity index (χ3v) is 3.75. The predicted octanol–water partition coefficient (Wildman–Crippen LogP) is 3.45. The molecule has 0 aromatic heterocycles. The number of hydrogen-bond acceptors (Lipinski definition) is 2. The molecule has 24 heavy (non-hydrogen) atoms. The van der Waals surface area contributed by atoms with Gasteiger partial charge in [0.2, 0.25) is 5.91 Å². The van der Waals surface area contributed by atoms with Crippen LogP contribution < -0.4 is 5.32 Å². The summed E-state index contributed by atoms with van der Waals surface area (Å²) in [6, 6.07) is 9.40. The summed E-state index contributed by atoms with van der Waals surface area (Å²) in [6.07, 6.45) is -1.51. The van der Waals surface area contributed by atoms with E-state index in [1.165, 1.54) is 12.1 Å². The number of aliphatic hydroxyl groups excluding tert-OH is 1. The van der Waals surface area contributed by atoms with E-state index in [1.54, 1.807) is 25.1 Å². The largest absolute Gasteiger partial charge is 0.386 e. The van der Waals surface area contributed by atoms with Gasteiger partial charge in [-0.3, -0.25) is 4.79 Å². The summed E-state index contributed by atoms with van der Waals surface area (Å²) in [6.45, 7) is 1.37. The molecule has 6 heteroatoms. The van der Waals surface area contributed by atoms with Gasteiger partial charge in [0.05, 0.1) is 5.56 Å². The zero-order valence-electron chi connectivity index (χ0n) is 13.1. The van der Waals surface area contributed by atoms with Crippen LogP contribution in [0.2, 0.25) is 0 Å². The van der Waals surface area contributed by atoms with Gasteiger partial charge in [0.25, 0.3) is 0 Å². The Morgan fingerprint density at radius 2 is 1.62 bits per heavy atom. The topological polar surface area (TPSA) is 49.3 Å².